The van der Waals surface area contributed by atoms with E-state index in [4.69, 9.17) is 10.5 Å². The van der Waals surface area contributed by atoms with Crippen LogP contribution >= 0.6 is 0 Å². The number of hydrogen-bond acceptors (Lipinski definition) is 5. The fraction of sp³-hybridized carbons (Fsp3) is 0.308. The summed E-state index contributed by atoms with van der Waals surface area (Å²) in [7, 11) is -2.17. The van der Waals surface area contributed by atoms with E-state index in [0.717, 1.165) is 5.69 Å². The lowest BCUT2D eigenvalue weighted by atomic mass is 10.4. The molecule has 0 atom stereocenters. The summed E-state index contributed by atoms with van der Waals surface area (Å²) in [5.74, 6) is 0.417. The van der Waals surface area contributed by atoms with Crippen molar-refractivity contribution >= 4 is 15.7 Å². The smallest absolute Gasteiger partial charge is 0.263 e. The molecule has 7 nitrogen and oxygen atoms in total. The van der Waals surface area contributed by atoms with Gasteiger partial charge in [-0.3, -0.25) is 4.72 Å². The minimum Gasteiger partial charge on any atom is -0.481 e. The van der Waals surface area contributed by atoms with Gasteiger partial charge in [0, 0.05) is 31.0 Å². The number of rotatable bonds is 6. The van der Waals surface area contributed by atoms with Gasteiger partial charge < -0.3 is 15.0 Å². The highest BCUT2D eigenvalue weighted by atomic mass is 32.2. The molecule has 2 rings (SSSR count). The van der Waals surface area contributed by atoms with Gasteiger partial charge in [-0.15, -0.1) is 0 Å². The van der Waals surface area contributed by atoms with Crippen molar-refractivity contribution in [2.45, 2.75) is 24.9 Å². The van der Waals surface area contributed by atoms with E-state index in [2.05, 4.69) is 9.71 Å². The van der Waals surface area contributed by atoms with Gasteiger partial charge in [0.15, 0.2) is 0 Å². The molecule has 0 aliphatic rings. The highest BCUT2D eigenvalue weighted by Gasteiger charge is 2.18. The first-order valence-electron chi connectivity index (χ1n) is 6.42. The molecule has 2 aromatic rings. The van der Waals surface area contributed by atoms with Gasteiger partial charge in [-0.2, -0.15) is 0 Å². The van der Waals surface area contributed by atoms with Crippen molar-refractivity contribution < 1.29 is 13.2 Å². The summed E-state index contributed by atoms with van der Waals surface area (Å²) in [4.78, 5) is 4.14. The zero-order valence-corrected chi connectivity index (χ0v) is 12.7. The first kappa shape index (κ1) is 15.3. The van der Waals surface area contributed by atoms with Crippen LogP contribution in [0.15, 0.2) is 35.5 Å². The number of anilines is 1. The summed E-state index contributed by atoms with van der Waals surface area (Å²) in [6.45, 7) is 2.87. The molecule has 2 heterocycles. The number of aromatic nitrogens is 2. The molecule has 0 fully saturated rings. The van der Waals surface area contributed by atoms with Crippen molar-refractivity contribution in [2.75, 3.05) is 11.8 Å². The van der Waals surface area contributed by atoms with Crippen molar-refractivity contribution in [3.05, 3.63) is 36.3 Å². The van der Waals surface area contributed by atoms with Crippen LogP contribution in [0.25, 0.3) is 0 Å². The Labute approximate surface area is 123 Å². The molecule has 0 saturated carbocycles. The molecule has 0 unspecified atom stereocenters. The minimum atomic E-state index is -3.66. The Morgan fingerprint density at radius 3 is 2.67 bits per heavy atom. The Bertz CT molecular complexity index is 686. The van der Waals surface area contributed by atoms with Crippen LogP contribution in [0, 0.1) is 0 Å². The zero-order valence-electron chi connectivity index (χ0n) is 11.9. The molecule has 8 heteroatoms. The van der Waals surface area contributed by atoms with Gasteiger partial charge in [0.2, 0.25) is 5.88 Å². The second-order valence-electron chi connectivity index (χ2n) is 4.35. The quantitative estimate of drug-likeness (QED) is 0.834. The molecule has 0 aromatic carbocycles. The zero-order chi connectivity index (χ0) is 15.5. The third-order valence-electron chi connectivity index (χ3n) is 3.02. The van der Waals surface area contributed by atoms with Crippen LogP contribution in [0.4, 0.5) is 5.69 Å². The predicted octanol–water partition coefficient (Wildman–Crippen LogP) is 1.17. The molecule has 0 amide bonds. The fourth-order valence-electron chi connectivity index (χ4n) is 1.91. The fourth-order valence-corrected chi connectivity index (χ4v) is 3.02. The summed E-state index contributed by atoms with van der Waals surface area (Å²) in [6, 6.07) is 4.74. The summed E-state index contributed by atoms with van der Waals surface area (Å²) >= 11 is 0. The largest absolute Gasteiger partial charge is 0.481 e. The standard InChI is InChI=1S/C13H18N4O3S/c1-3-17-9-12(6-11(17)7-14)21(18,19)16-10-4-5-13(20-2)15-8-10/h4-6,8-9,16H,3,7,14H2,1-2H3. The van der Waals surface area contributed by atoms with E-state index in [9.17, 15) is 8.42 Å². The van der Waals surface area contributed by atoms with Crippen LogP contribution in [0.3, 0.4) is 0 Å². The van der Waals surface area contributed by atoms with E-state index < -0.39 is 10.0 Å². The Morgan fingerprint density at radius 1 is 1.43 bits per heavy atom. The second kappa shape index (κ2) is 6.15. The summed E-state index contributed by atoms with van der Waals surface area (Å²) in [6.07, 6.45) is 2.97. The Kier molecular flexibility index (Phi) is 4.49. The lowest BCUT2D eigenvalue weighted by Gasteiger charge is -2.06. The number of nitrogens with zero attached hydrogens (tertiary/aromatic N) is 2. The van der Waals surface area contributed by atoms with Crippen molar-refractivity contribution in [1.29, 1.82) is 0 Å². The van der Waals surface area contributed by atoms with Gasteiger partial charge in [-0.1, -0.05) is 0 Å². The Hall–Kier alpha value is -2.06. The molecule has 0 radical (unpaired) electrons. The third-order valence-corrected chi connectivity index (χ3v) is 4.37. The maximum atomic E-state index is 12.3. The van der Waals surface area contributed by atoms with E-state index in [1.165, 1.54) is 13.3 Å². The number of sulfonamides is 1. The first-order chi connectivity index (χ1) is 10.00. The van der Waals surface area contributed by atoms with E-state index in [1.54, 1.807) is 29.0 Å². The highest BCUT2D eigenvalue weighted by Crippen LogP contribution is 2.19. The number of methoxy groups -OCH3 is 1. The van der Waals surface area contributed by atoms with Crippen LogP contribution in [-0.4, -0.2) is 25.1 Å². The maximum Gasteiger partial charge on any atom is 0.263 e. The van der Waals surface area contributed by atoms with Gasteiger partial charge in [0.05, 0.1) is 19.0 Å². The Balaban J connectivity index is 2.26. The molecule has 0 bridgehead atoms. The summed E-state index contributed by atoms with van der Waals surface area (Å²) < 4.78 is 33.9. The summed E-state index contributed by atoms with van der Waals surface area (Å²) in [5.41, 5.74) is 6.75. The maximum absolute atomic E-state index is 12.3. The van der Waals surface area contributed by atoms with Crippen LogP contribution in [0.1, 0.15) is 12.6 Å². The predicted molar refractivity (Wildman–Crippen MR) is 79.6 cm³/mol. The first-order valence-corrected chi connectivity index (χ1v) is 7.90. The molecule has 0 aliphatic heterocycles. The number of hydrogen-bond donors (Lipinski definition) is 2. The van der Waals surface area contributed by atoms with E-state index in [0.29, 0.717) is 18.1 Å². The highest BCUT2D eigenvalue weighted by molar-refractivity contribution is 7.92. The number of aryl methyl sites for hydroxylation is 1. The van der Waals surface area contributed by atoms with Crippen molar-refractivity contribution in [3.63, 3.8) is 0 Å². The molecule has 114 valence electrons. The lowest BCUT2D eigenvalue weighted by molar-refractivity contribution is 0.398. The Morgan fingerprint density at radius 2 is 2.19 bits per heavy atom. The van der Waals surface area contributed by atoms with Crippen molar-refractivity contribution in [2.24, 2.45) is 5.73 Å². The number of nitrogens with two attached hydrogens (primary N) is 1. The average Bonchev–Trinajstić information content (AvgIpc) is 2.92. The van der Waals surface area contributed by atoms with Crippen LogP contribution in [0.2, 0.25) is 0 Å². The van der Waals surface area contributed by atoms with E-state index >= 15 is 0 Å². The van der Waals surface area contributed by atoms with Gasteiger partial charge >= 0.3 is 0 Å². The molecular weight excluding hydrogens is 292 g/mol. The molecule has 0 aliphatic carbocycles. The van der Waals surface area contributed by atoms with Crippen LogP contribution < -0.4 is 15.2 Å². The van der Waals surface area contributed by atoms with Gasteiger partial charge in [-0.25, -0.2) is 13.4 Å². The minimum absolute atomic E-state index is 0.181. The van der Waals surface area contributed by atoms with Gasteiger partial charge in [0.1, 0.15) is 4.90 Å². The SMILES string of the molecule is CCn1cc(S(=O)(=O)Nc2ccc(OC)nc2)cc1CN. The molecular formula is C13H18N4O3S. The third kappa shape index (κ3) is 3.34. The van der Waals surface area contributed by atoms with Crippen molar-refractivity contribution in [3.8, 4) is 5.88 Å². The molecule has 21 heavy (non-hydrogen) atoms. The summed E-state index contributed by atoms with van der Waals surface area (Å²) in [5, 5.41) is 0. The van der Waals surface area contributed by atoms with Crippen LogP contribution in [0.5, 0.6) is 5.88 Å². The lowest BCUT2D eigenvalue weighted by Crippen LogP contribution is -2.12. The molecule has 0 spiro atoms. The molecule has 3 N–H and O–H groups in total. The van der Waals surface area contributed by atoms with E-state index in [-0.39, 0.29) is 11.4 Å². The van der Waals surface area contributed by atoms with Crippen molar-refractivity contribution in [1.82, 2.24) is 9.55 Å². The second-order valence-corrected chi connectivity index (χ2v) is 6.03. The number of ether oxygens (including phenoxy) is 1. The van der Waals surface area contributed by atoms with Gasteiger partial charge in [-0.05, 0) is 19.1 Å². The average molecular weight is 310 g/mol. The van der Waals surface area contributed by atoms with E-state index in [1.807, 2.05) is 6.92 Å². The number of nitrogens with one attached hydrogen (secondary N) is 1. The normalized spacial score (nSPS) is 11.4. The molecule has 2 aromatic heterocycles. The topological polar surface area (TPSA) is 99.2 Å². The molecule has 0 saturated heterocycles. The monoisotopic (exact) mass is 310 g/mol. The number of pyridine rings is 1. The van der Waals surface area contributed by atoms with Crippen LogP contribution in [-0.2, 0) is 23.1 Å². The van der Waals surface area contributed by atoms with Gasteiger partial charge in [0.25, 0.3) is 10.0 Å².